The SMILES string of the molecule is Cc1ccccc1PC/C(=C/c1ccccc1)c1ccccc1. The van der Waals surface area contributed by atoms with Gasteiger partial charge >= 0.3 is 0 Å². The number of allylic oxidation sites excluding steroid dienone is 1. The molecule has 0 aliphatic heterocycles. The molecule has 23 heavy (non-hydrogen) atoms. The molecule has 0 amide bonds. The molecule has 1 atom stereocenters. The Morgan fingerprint density at radius 1 is 0.783 bits per heavy atom. The monoisotopic (exact) mass is 316 g/mol. The van der Waals surface area contributed by atoms with Crippen molar-refractivity contribution >= 4 is 25.5 Å². The molecule has 0 aliphatic rings. The van der Waals surface area contributed by atoms with Crippen molar-refractivity contribution in [3.63, 3.8) is 0 Å². The van der Waals surface area contributed by atoms with Crippen molar-refractivity contribution in [3.8, 4) is 0 Å². The lowest BCUT2D eigenvalue weighted by atomic mass is 10.0. The second-order valence-electron chi connectivity index (χ2n) is 5.61. The van der Waals surface area contributed by atoms with Gasteiger partial charge in [0, 0.05) is 0 Å². The van der Waals surface area contributed by atoms with Crippen LogP contribution in [0.2, 0.25) is 0 Å². The number of hydrogen-bond donors (Lipinski definition) is 0. The van der Waals surface area contributed by atoms with E-state index in [1.807, 2.05) is 0 Å². The average Bonchev–Trinajstić information content (AvgIpc) is 2.61. The Morgan fingerprint density at radius 3 is 2.09 bits per heavy atom. The highest BCUT2D eigenvalue weighted by Crippen LogP contribution is 2.26. The van der Waals surface area contributed by atoms with Crippen LogP contribution in [0.15, 0.2) is 84.9 Å². The van der Waals surface area contributed by atoms with E-state index in [0.29, 0.717) is 0 Å². The van der Waals surface area contributed by atoms with E-state index >= 15 is 0 Å². The van der Waals surface area contributed by atoms with Gasteiger partial charge in [0.15, 0.2) is 0 Å². The van der Waals surface area contributed by atoms with Crippen LogP contribution < -0.4 is 5.30 Å². The van der Waals surface area contributed by atoms with Crippen molar-refractivity contribution in [1.29, 1.82) is 0 Å². The van der Waals surface area contributed by atoms with Crippen LogP contribution in [0, 0.1) is 6.92 Å². The Kier molecular flexibility index (Phi) is 5.40. The Bertz CT molecular complexity index is 773. The molecule has 0 aromatic heterocycles. The van der Waals surface area contributed by atoms with Gasteiger partial charge in [-0.2, -0.15) is 0 Å². The summed E-state index contributed by atoms with van der Waals surface area (Å²) in [6.45, 7) is 2.20. The summed E-state index contributed by atoms with van der Waals surface area (Å²) in [6.07, 6.45) is 3.39. The molecular weight excluding hydrogens is 295 g/mol. The fraction of sp³-hybridized carbons (Fsp3) is 0.0909. The number of rotatable bonds is 5. The van der Waals surface area contributed by atoms with Crippen molar-refractivity contribution in [2.24, 2.45) is 0 Å². The summed E-state index contributed by atoms with van der Waals surface area (Å²) in [5, 5.41) is 1.46. The zero-order chi connectivity index (χ0) is 15.9. The molecular formula is C22H21P. The highest BCUT2D eigenvalue weighted by Gasteiger charge is 2.04. The van der Waals surface area contributed by atoms with E-state index in [4.69, 9.17) is 0 Å². The van der Waals surface area contributed by atoms with Gasteiger partial charge in [0.2, 0.25) is 0 Å². The van der Waals surface area contributed by atoms with E-state index in [2.05, 4.69) is 97.9 Å². The molecule has 0 saturated heterocycles. The quantitative estimate of drug-likeness (QED) is 0.428. The first-order valence-corrected chi connectivity index (χ1v) is 9.14. The smallest absolute Gasteiger partial charge is 0.00540 e. The standard InChI is InChI=1S/C22H21P/c1-18-10-8-9-15-22(18)23-17-21(20-13-6-3-7-14-20)16-19-11-4-2-5-12-19/h2-16,23H,17H2,1H3/b21-16-. The average molecular weight is 316 g/mol. The second-order valence-corrected chi connectivity index (χ2v) is 6.86. The first kappa shape index (κ1) is 15.7. The van der Waals surface area contributed by atoms with Crippen molar-refractivity contribution in [2.45, 2.75) is 6.92 Å². The molecule has 0 nitrogen and oxygen atoms in total. The molecule has 114 valence electrons. The van der Waals surface area contributed by atoms with Gasteiger partial charge in [0.25, 0.3) is 0 Å². The molecule has 1 heteroatoms. The van der Waals surface area contributed by atoms with Gasteiger partial charge in [0.05, 0.1) is 0 Å². The Hall–Kier alpha value is -2.17. The number of aryl methyl sites for hydroxylation is 1. The predicted molar refractivity (Wildman–Crippen MR) is 105 cm³/mol. The molecule has 3 aromatic rings. The molecule has 3 rings (SSSR count). The van der Waals surface area contributed by atoms with E-state index in [9.17, 15) is 0 Å². The van der Waals surface area contributed by atoms with E-state index < -0.39 is 0 Å². The van der Waals surface area contributed by atoms with Crippen LogP contribution in [-0.4, -0.2) is 6.16 Å². The maximum absolute atomic E-state index is 2.32. The van der Waals surface area contributed by atoms with Crippen LogP contribution in [0.1, 0.15) is 16.7 Å². The van der Waals surface area contributed by atoms with Gasteiger partial charge in [-0.15, -0.1) is 0 Å². The lowest BCUT2D eigenvalue weighted by molar-refractivity contribution is 1.51. The van der Waals surface area contributed by atoms with Crippen LogP contribution in [-0.2, 0) is 0 Å². The summed E-state index contributed by atoms with van der Waals surface area (Å²) >= 11 is 0. The topological polar surface area (TPSA) is 0 Å². The molecule has 0 spiro atoms. The predicted octanol–water partition coefficient (Wildman–Crippen LogP) is 5.54. The van der Waals surface area contributed by atoms with Crippen LogP contribution in [0.5, 0.6) is 0 Å². The van der Waals surface area contributed by atoms with E-state index in [1.165, 1.54) is 27.6 Å². The van der Waals surface area contributed by atoms with Gasteiger partial charge in [-0.3, -0.25) is 0 Å². The summed E-state index contributed by atoms with van der Waals surface area (Å²) in [7, 11) is 0.793. The highest BCUT2D eigenvalue weighted by atomic mass is 31.1. The van der Waals surface area contributed by atoms with E-state index in [0.717, 1.165) is 14.7 Å². The van der Waals surface area contributed by atoms with Crippen molar-refractivity contribution < 1.29 is 0 Å². The van der Waals surface area contributed by atoms with E-state index in [1.54, 1.807) is 0 Å². The molecule has 0 bridgehead atoms. The molecule has 0 saturated carbocycles. The van der Waals surface area contributed by atoms with Gasteiger partial charge in [-0.05, 0) is 40.7 Å². The molecule has 0 aliphatic carbocycles. The van der Waals surface area contributed by atoms with Crippen molar-refractivity contribution in [1.82, 2.24) is 0 Å². The third-order valence-corrected chi connectivity index (χ3v) is 5.40. The highest BCUT2D eigenvalue weighted by molar-refractivity contribution is 7.48. The number of hydrogen-bond acceptors (Lipinski definition) is 0. The van der Waals surface area contributed by atoms with Gasteiger partial charge in [-0.1, -0.05) is 99.6 Å². The zero-order valence-electron chi connectivity index (χ0n) is 13.4. The lowest BCUT2D eigenvalue weighted by Gasteiger charge is -2.10. The fourth-order valence-electron chi connectivity index (χ4n) is 2.60. The fourth-order valence-corrected chi connectivity index (χ4v) is 3.86. The first-order chi connectivity index (χ1) is 11.3. The van der Waals surface area contributed by atoms with Crippen molar-refractivity contribution in [2.75, 3.05) is 6.16 Å². The second kappa shape index (κ2) is 7.90. The summed E-state index contributed by atoms with van der Waals surface area (Å²) in [5.74, 6) is 0. The van der Waals surface area contributed by atoms with Crippen LogP contribution in [0.25, 0.3) is 11.6 Å². The molecule has 0 N–H and O–H groups in total. The zero-order valence-corrected chi connectivity index (χ0v) is 14.4. The third-order valence-electron chi connectivity index (χ3n) is 3.90. The minimum Gasteiger partial charge on any atom is -0.0856 e. The minimum absolute atomic E-state index is 0.793. The van der Waals surface area contributed by atoms with Gasteiger partial charge < -0.3 is 0 Å². The number of benzene rings is 3. The van der Waals surface area contributed by atoms with Crippen LogP contribution in [0.3, 0.4) is 0 Å². The van der Waals surface area contributed by atoms with Gasteiger partial charge in [-0.25, -0.2) is 0 Å². The Balaban J connectivity index is 1.87. The van der Waals surface area contributed by atoms with Crippen LogP contribution >= 0.6 is 8.58 Å². The first-order valence-electron chi connectivity index (χ1n) is 7.93. The largest absolute Gasteiger partial charge is 0.0856 e. The maximum atomic E-state index is 2.32. The van der Waals surface area contributed by atoms with Crippen LogP contribution in [0.4, 0.5) is 0 Å². The van der Waals surface area contributed by atoms with E-state index in [-0.39, 0.29) is 0 Å². The molecule has 1 unspecified atom stereocenters. The Morgan fingerprint density at radius 2 is 1.39 bits per heavy atom. The van der Waals surface area contributed by atoms with Gasteiger partial charge in [0.1, 0.15) is 0 Å². The lowest BCUT2D eigenvalue weighted by Crippen LogP contribution is -2.01. The molecule has 0 fully saturated rings. The molecule has 0 radical (unpaired) electrons. The minimum atomic E-state index is 0.793. The summed E-state index contributed by atoms with van der Waals surface area (Å²) in [6, 6.07) is 30.0. The normalized spacial score (nSPS) is 12.0. The Labute approximate surface area is 140 Å². The third kappa shape index (κ3) is 4.41. The maximum Gasteiger partial charge on any atom is -0.00540 e. The molecule has 0 heterocycles. The van der Waals surface area contributed by atoms with Crippen molar-refractivity contribution in [3.05, 3.63) is 102 Å². The summed E-state index contributed by atoms with van der Waals surface area (Å²) in [5.41, 5.74) is 5.37. The summed E-state index contributed by atoms with van der Waals surface area (Å²) < 4.78 is 0. The molecule has 3 aromatic carbocycles. The summed E-state index contributed by atoms with van der Waals surface area (Å²) in [4.78, 5) is 0.